The van der Waals surface area contributed by atoms with Crippen molar-refractivity contribution in [3.8, 4) is 5.75 Å². The van der Waals surface area contributed by atoms with Gasteiger partial charge in [0.25, 0.3) is 0 Å². The number of primary amides is 4. The topological polar surface area (TPSA) is 495 Å². The summed E-state index contributed by atoms with van der Waals surface area (Å²) in [5.41, 5.74) is 21.5. The Balaban J connectivity index is 2.38. The van der Waals surface area contributed by atoms with Crippen molar-refractivity contribution in [1.29, 1.82) is 0 Å². The number of carbonyl (C=O) groups excluding carboxylic acids is 13. The van der Waals surface area contributed by atoms with E-state index < -0.39 is 166 Å². The molecule has 0 bridgehead atoms. The normalized spacial score (nSPS) is 15.8. The van der Waals surface area contributed by atoms with Gasteiger partial charge in [0.05, 0.1) is 19.4 Å². The van der Waals surface area contributed by atoms with Crippen molar-refractivity contribution in [3.05, 3.63) is 29.8 Å². The van der Waals surface area contributed by atoms with Gasteiger partial charge in [0, 0.05) is 39.3 Å². The molecule has 0 radical (unpaired) electrons. The van der Waals surface area contributed by atoms with E-state index in [-0.39, 0.29) is 43.4 Å². The monoisotopic (exact) mass is 1140 g/mol. The number of rotatable bonds is 35. The second kappa shape index (κ2) is 33.4. The minimum atomic E-state index is -3.29. The van der Waals surface area contributed by atoms with Gasteiger partial charge in [0.1, 0.15) is 48.3 Å². The van der Waals surface area contributed by atoms with Gasteiger partial charge in [0.2, 0.25) is 76.8 Å². The maximum atomic E-state index is 14.3. The first kappa shape index (κ1) is 67.3. The maximum Gasteiger partial charge on any atom is 0.539 e. The minimum Gasteiger partial charge on any atom is -0.558 e. The summed E-state index contributed by atoms with van der Waals surface area (Å²) in [5.74, 6) is -13.5. The van der Waals surface area contributed by atoms with E-state index in [9.17, 15) is 76.9 Å². The third kappa shape index (κ3) is 24.2. The van der Waals surface area contributed by atoms with E-state index in [1.54, 1.807) is 0 Å². The van der Waals surface area contributed by atoms with Crippen LogP contribution in [0.5, 0.6) is 5.75 Å². The molecule has 0 aromatic heterocycles. The second-order valence-electron chi connectivity index (χ2n) is 19.4. The van der Waals surface area contributed by atoms with Crippen LogP contribution in [0.2, 0.25) is 0 Å². The summed E-state index contributed by atoms with van der Waals surface area (Å²) in [4.78, 5) is 181. The highest BCUT2D eigenvalue weighted by molar-refractivity contribution is 7.31. The molecule has 1 fully saturated rings. The van der Waals surface area contributed by atoms with Crippen LogP contribution < -0.4 is 74.9 Å². The molecule has 1 unspecified atom stereocenters. The molecule has 31 heteroatoms. The molecule has 13 amide bonds. The summed E-state index contributed by atoms with van der Waals surface area (Å²) >= 11 is 0. The number of unbranched alkanes of at least 4 members (excludes halogenated alkanes) is 2. The number of aliphatic hydroxyl groups excluding tert-OH is 1. The molecule has 438 valence electrons. The van der Waals surface area contributed by atoms with Crippen LogP contribution in [0.1, 0.15) is 104 Å². The first-order valence-corrected chi connectivity index (χ1v) is 26.5. The van der Waals surface area contributed by atoms with Gasteiger partial charge in [-0.25, -0.2) is 0 Å². The van der Waals surface area contributed by atoms with Crippen molar-refractivity contribution in [2.75, 3.05) is 19.7 Å². The van der Waals surface area contributed by atoms with E-state index in [0.717, 1.165) is 0 Å². The van der Waals surface area contributed by atoms with Crippen molar-refractivity contribution in [2.45, 2.75) is 154 Å². The number of nitrogens with zero attached hydrogens (tertiary/aromatic N) is 1. The number of aliphatic hydroxyl groups is 1. The summed E-state index contributed by atoms with van der Waals surface area (Å²) in [6.07, 6.45) is -0.205. The summed E-state index contributed by atoms with van der Waals surface area (Å²) < 4.78 is 15.8. The molecule has 0 aliphatic carbocycles. The van der Waals surface area contributed by atoms with Crippen molar-refractivity contribution in [1.82, 2.24) is 47.4 Å². The predicted molar refractivity (Wildman–Crippen MR) is 276 cm³/mol. The van der Waals surface area contributed by atoms with Crippen LogP contribution in [0, 0.1) is 11.8 Å². The molecule has 9 atom stereocenters. The van der Waals surface area contributed by atoms with Crippen molar-refractivity contribution >= 4 is 85.0 Å². The smallest absolute Gasteiger partial charge is 0.539 e. The molecule has 1 saturated heterocycles. The third-order valence-electron chi connectivity index (χ3n) is 12.2. The Morgan fingerprint density at radius 3 is 1.66 bits per heavy atom. The fraction of sp³-hybridized carbons (Fsp3) is 0.604. The number of nitrogens with two attached hydrogens (primary N) is 4. The lowest BCUT2D eigenvalue weighted by Crippen LogP contribution is -2.62. The lowest BCUT2D eigenvalue weighted by atomic mass is 9.99. The number of nitrogens with one attached hydrogen (secondary N) is 8. The van der Waals surface area contributed by atoms with Crippen molar-refractivity contribution in [3.63, 3.8) is 0 Å². The highest BCUT2D eigenvalue weighted by Crippen LogP contribution is 2.22. The average molecular weight is 1140 g/mol. The molecule has 1 aromatic rings. The standard InChI is InChI=1S/C48H74N13O17P/c1-24(2)39(47(74)54-29(16-17-35(49)64)42(69)55-30(41(52)68)21-36(50)65)60-44(71)32(22-37(51)66)57-48(75)40(25(3)4)59-43(70)31(20-27-12-14-28(15-13-27)78-79(76)77)56-45(72)33(23-62)58-46(73)34-10-9-19-61(34)38(67)11-7-6-8-18-53-26(5)63/h12-15,24-25,29-34,39-40,62H,6-11,16-23H2,1-5H3,(H2,49,64)(H2,50,65)(H2,51,66)(H2,52,68)(H,53,63)(H,54,74)(H,55,69)(H,56,72)(H,57,75)(H,58,73)(H,59,70)(H,60,71)/t29-,30-,31-,32-,33-,34-,39-,40-/m0/s1. The van der Waals surface area contributed by atoms with Crippen molar-refractivity contribution in [2.24, 2.45) is 34.8 Å². The van der Waals surface area contributed by atoms with Gasteiger partial charge < -0.3 is 80.4 Å². The zero-order valence-electron chi connectivity index (χ0n) is 44.7. The summed E-state index contributed by atoms with van der Waals surface area (Å²) in [5, 5.41) is 29.7. The van der Waals surface area contributed by atoms with E-state index in [0.29, 0.717) is 37.8 Å². The van der Waals surface area contributed by atoms with Gasteiger partial charge in [-0.15, -0.1) is 0 Å². The molecule has 0 spiro atoms. The van der Waals surface area contributed by atoms with E-state index in [2.05, 4.69) is 47.1 Å². The number of hydrogen-bond donors (Lipinski definition) is 13. The largest absolute Gasteiger partial charge is 0.558 e. The number of benzene rings is 1. The van der Waals surface area contributed by atoms with Crippen molar-refractivity contribution < 1.29 is 81.4 Å². The molecular weight excluding hydrogens is 1060 g/mol. The zero-order valence-corrected chi connectivity index (χ0v) is 45.6. The van der Waals surface area contributed by atoms with Gasteiger partial charge >= 0.3 is 8.25 Å². The van der Waals surface area contributed by atoms with E-state index in [1.165, 1.54) is 63.8 Å². The predicted octanol–water partition coefficient (Wildman–Crippen LogP) is -5.49. The first-order valence-electron chi connectivity index (χ1n) is 25.4. The Bertz CT molecular complexity index is 2390. The van der Waals surface area contributed by atoms with Crippen LogP contribution in [-0.2, 0) is 73.3 Å². The highest BCUT2D eigenvalue weighted by Gasteiger charge is 2.38. The lowest BCUT2D eigenvalue weighted by Gasteiger charge is -2.29. The van der Waals surface area contributed by atoms with Crippen LogP contribution in [0.25, 0.3) is 0 Å². The van der Waals surface area contributed by atoms with E-state index in [4.69, 9.17) is 22.9 Å². The third-order valence-corrected chi connectivity index (χ3v) is 12.6. The van der Waals surface area contributed by atoms with Gasteiger partial charge in [-0.3, -0.25) is 66.9 Å². The number of amides is 13. The Morgan fingerprint density at radius 2 is 1.15 bits per heavy atom. The van der Waals surface area contributed by atoms with Crippen LogP contribution >= 0.6 is 8.25 Å². The molecule has 1 heterocycles. The molecule has 1 aliphatic heterocycles. The number of likely N-dealkylation sites (tertiary alicyclic amines) is 1. The van der Waals surface area contributed by atoms with Gasteiger partial charge in [0.15, 0.2) is 5.75 Å². The van der Waals surface area contributed by atoms with Crippen LogP contribution in [-0.4, -0.2) is 155 Å². The Morgan fingerprint density at radius 1 is 0.646 bits per heavy atom. The summed E-state index contributed by atoms with van der Waals surface area (Å²) in [7, 11) is -3.29. The SMILES string of the molecule is CC(=O)NCCCCCC(=O)N1CCC[C@H]1C(=O)N[C@@H](CO)C(=O)N[C@@H](Cc1ccc(O[P+](=O)[O-])cc1)C(=O)N[C@H](C(=O)N[C@@H](CC(N)=O)C(=O)N[C@H](C(=O)N[C@@H](CCC(N)=O)C(=O)N[C@@H](CC(N)=O)C(N)=O)C(C)C)C(C)C. The fourth-order valence-electron chi connectivity index (χ4n) is 8.04. The molecule has 0 saturated carbocycles. The maximum absolute atomic E-state index is 14.3. The first-order chi connectivity index (χ1) is 37.0. The second-order valence-corrected chi connectivity index (χ2v) is 20.0. The number of carbonyl (C=O) groups is 13. The van der Waals surface area contributed by atoms with Crippen LogP contribution in [0.4, 0.5) is 0 Å². The molecule has 2 rings (SSSR count). The number of hydrogen-bond acceptors (Lipinski definition) is 17. The molecular formula is C48H74N13O17P. The molecule has 1 aromatic carbocycles. The fourth-order valence-corrected chi connectivity index (χ4v) is 8.33. The van der Waals surface area contributed by atoms with Gasteiger partial charge in [-0.2, -0.15) is 0 Å². The van der Waals surface area contributed by atoms with E-state index in [1.807, 2.05) is 0 Å². The van der Waals surface area contributed by atoms with Crippen LogP contribution in [0.3, 0.4) is 0 Å². The highest BCUT2D eigenvalue weighted by atomic mass is 31.1. The zero-order chi connectivity index (χ0) is 59.7. The lowest BCUT2D eigenvalue weighted by molar-refractivity contribution is -0.178. The van der Waals surface area contributed by atoms with E-state index >= 15 is 0 Å². The average Bonchev–Trinajstić information content (AvgIpc) is 3.86. The Kier molecular flexibility index (Phi) is 28.5. The van der Waals surface area contributed by atoms with Gasteiger partial charge in [-0.05, 0) is 66.2 Å². The quantitative estimate of drug-likeness (QED) is 0.0223. The molecule has 30 nitrogen and oxygen atoms in total. The Hall–Kier alpha value is -7.85. The van der Waals surface area contributed by atoms with Gasteiger partial charge in [-0.1, -0.05) is 46.2 Å². The van der Waals surface area contributed by atoms with Crippen LogP contribution in [0.15, 0.2) is 24.3 Å². The molecule has 17 N–H and O–H groups in total. The molecule has 79 heavy (non-hydrogen) atoms. The summed E-state index contributed by atoms with van der Waals surface area (Å²) in [6, 6.07) is -7.15. The molecule has 1 aliphatic rings. The minimum absolute atomic E-state index is 0.0916. The summed E-state index contributed by atoms with van der Waals surface area (Å²) in [6.45, 7) is 7.07. The Labute approximate surface area is 456 Å².